The van der Waals surface area contributed by atoms with Crippen LogP contribution in [0.4, 0.5) is 11.4 Å². The maximum Gasteiger partial charge on any atom is 0.243 e. The Morgan fingerprint density at radius 3 is 2.40 bits per heavy atom. The van der Waals surface area contributed by atoms with Crippen molar-refractivity contribution in [2.75, 3.05) is 17.2 Å². The van der Waals surface area contributed by atoms with E-state index in [1.807, 2.05) is 55.5 Å². The van der Waals surface area contributed by atoms with Crippen LogP contribution in [0.15, 0.2) is 54.7 Å². The van der Waals surface area contributed by atoms with Gasteiger partial charge in [-0.05, 0) is 43.3 Å². The summed E-state index contributed by atoms with van der Waals surface area (Å²) in [4.78, 5) is 12.0. The molecule has 0 aliphatic rings. The molecular formula is C18H19N5O2. The van der Waals surface area contributed by atoms with Crippen LogP contribution in [0.2, 0.25) is 0 Å². The Hall–Kier alpha value is -3.19. The number of anilines is 2. The third-order valence-corrected chi connectivity index (χ3v) is 3.62. The van der Waals surface area contributed by atoms with Crippen LogP contribution in [0.5, 0.6) is 0 Å². The highest BCUT2D eigenvalue weighted by Gasteiger charge is 2.04. The van der Waals surface area contributed by atoms with Crippen LogP contribution in [0.3, 0.4) is 0 Å². The molecular weight excluding hydrogens is 318 g/mol. The zero-order valence-corrected chi connectivity index (χ0v) is 13.8. The molecule has 0 aliphatic carbocycles. The Kier molecular flexibility index (Phi) is 5.06. The zero-order valence-electron chi connectivity index (χ0n) is 13.8. The molecule has 1 aromatic heterocycles. The van der Waals surface area contributed by atoms with Gasteiger partial charge in [0.1, 0.15) is 5.69 Å². The van der Waals surface area contributed by atoms with Gasteiger partial charge >= 0.3 is 0 Å². The van der Waals surface area contributed by atoms with Crippen molar-refractivity contribution in [2.24, 2.45) is 0 Å². The number of nitrogens with one attached hydrogen (secondary N) is 2. The van der Waals surface area contributed by atoms with Crippen LogP contribution in [0.1, 0.15) is 11.3 Å². The Morgan fingerprint density at radius 1 is 1.08 bits per heavy atom. The molecule has 1 amide bonds. The normalized spacial score (nSPS) is 10.5. The molecule has 3 rings (SSSR count). The van der Waals surface area contributed by atoms with Crippen molar-refractivity contribution < 1.29 is 9.90 Å². The van der Waals surface area contributed by atoms with Crippen molar-refractivity contribution in [1.29, 1.82) is 0 Å². The molecule has 7 heteroatoms. The molecule has 0 atom stereocenters. The molecule has 25 heavy (non-hydrogen) atoms. The summed E-state index contributed by atoms with van der Waals surface area (Å²) in [5.74, 6) is -0.114. The van der Waals surface area contributed by atoms with Gasteiger partial charge in [0.2, 0.25) is 5.91 Å². The average Bonchev–Trinajstić information content (AvgIpc) is 3.12. The fourth-order valence-electron chi connectivity index (χ4n) is 2.25. The van der Waals surface area contributed by atoms with Gasteiger partial charge in [-0.3, -0.25) is 4.79 Å². The second-order valence-corrected chi connectivity index (χ2v) is 5.63. The average molecular weight is 337 g/mol. The largest absolute Gasteiger partial charge is 0.390 e. The first-order valence-electron chi connectivity index (χ1n) is 7.87. The van der Waals surface area contributed by atoms with E-state index in [2.05, 4.69) is 20.9 Å². The summed E-state index contributed by atoms with van der Waals surface area (Å²) >= 11 is 0. The molecule has 0 bridgehead atoms. The summed E-state index contributed by atoms with van der Waals surface area (Å²) in [5, 5.41) is 22.7. The van der Waals surface area contributed by atoms with Crippen LogP contribution >= 0.6 is 0 Å². The number of aliphatic hydroxyl groups is 1. The maximum atomic E-state index is 12.0. The van der Waals surface area contributed by atoms with Gasteiger partial charge in [0.25, 0.3) is 0 Å². The highest BCUT2D eigenvalue weighted by Crippen LogP contribution is 2.13. The van der Waals surface area contributed by atoms with Crippen molar-refractivity contribution in [3.8, 4) is 5.69 Å². The Morgan fingerprint density at radius 2 is 1.76 bits per heavy atom. The van der Waals surface area contributed by atoms with Crippen LogP contribution in [0.25, 0.3) is 5.69 Å². The van der Waals surface area contributed by atoms with Crippen LogP contribution in [0, 0.1) is 6.92 Å². The third kappa shape index (κ3) is 4.42. The first-order chi connectivity index (χ1) is 12.1. The molecule has 0 fully saturated rings. The topological polar surface area (TPSA) is 92.1 Å². The van der Waals surface area contributed by atoms with Crippen LogP contribution in [-0.4, -0.2) is 32.6 Å². The molecule has 3 N–H and O–H groups in total. The number of hydrogen-bond donors (Lipinski definition) is 3. The van der Waals surface area contributed by atoms with E-state index in [0.29, 0.717) is 5.69 Å². The molecule has 7 nitrogen and oxygen atoms in total. The van der Waals surface area contributed by atoms with Gasteiger partial charge in [-0.15, -0.1) is 5.10 Å². The maximum absolute atomic E-state index is 12.0. The summed E-state index contributed by atoms with van der Waals surface area (Å²) in [7, 11) is 0. The molecule has 0 saturated heterocycles. The highest BCUT2D eigenvalue weighted by atomic mass is 16.3. The second-order valence-electron chi connectivity index (χ2n) is 5.63. The lowest BCUT2D eigenvalue weighted by atomic mass is 10.2. The molecule has 128 valence electrons. The van der Waals surface area contributed by atoms with Gasteiger partial charge in [-0.1, -0.05) is 22.9 Å². The minimum absolute atomic E-state index is 0.114. The minimum Gasteiger partial charge on any atom is -0.390 e. The highest BCUT2D eigenvalue weighted by molar-refractivity contribution is 5.93. The van der Waals surface area contributed by atoms with Crippen molar-refractivity contribution in [1.82, 2.24) is 15.0 Å². The first-order valence-corrected chi connectivity index (χ1v) is 7.87. The molecule has 1 heterocycles. The summed E-state index contributed by atoms with van der Waals surface area (Å²) < 4.78 is 1.58. The SMILES string of the molecule is Cc1ccc(NC(=O)CNc2ccc(-n3cc(CO)nn3)cc2)cc1. The van der Waals surface area contributed by atoms with E-state index in [4.69, 9.17) is 5.11 Å². The number of nitrogens with zero attached hydrogens (tertiary/aromatic N) is 3. The van der Waals surface area contributed by atoms with Crippen LogP contribution < -0.4 is 10.6 Å². The Balaban J connectivity index is 1.54. The second kappa shape index (κ2) is 7.59. The molecule has 0 spiro atoms. The van der Waals surface area contributed by atoms with Gasteiger partial charge in [0.05, 0.1) is 25.0 Å². The number of aryl methyl sites for hydroxylation is 1. The monoisotopic (exact) mass is 337 g/mol. The molecule has 2 aromatic carbocycles. The lowest BCUT2D eigenvalue weighted by Crippen LogP contribution is -2.21. The van der Waals surface area contributed by atoms with Crippen molar-refractivity contribution >= 4 is 17.3 Å². The minimum atomic E-state index is -0.143. The van der Waals surface area contributed by atoms with Crippen LogP contribution in [-0.2, 0) is 11.4 Å². The number of carbonyl (C=O) groups is 1. The van der Waals surface area contributed by atoms with E-state index in [1.54, 1.807) is 10.9 Å². The summed E-state index contributed by atoms with van der Waals surface area (Å²) in [6.07, 6.45) is 1.66. The smallest absolute Gasteiger partial charge is 0.243 e. The number of aromatic nitrogens is 3. The first kappa shape index (κ1) is 16.7. The van der Waals surface area contributed by atoms with E-state index in [0.717, 1.165) is 22.6 Å². The number of aliphatic hydroxyl groups excluding tert-OH is 1. The van der Waals surface area contributed by atoms with E-state index in [1.165, 1.54) is 0 Å². The molecule has 0 radical (unpaired) electrons. The van der Waals surface area contributed by atoms with E-state index in [-0.39, 0.29) is 19.1 Å². The fourth-order valence-corrected chi connectivity index (χ4v) is 2.25. The van der Waals surface area contributed by atoms with Gasteiger partial charge in [0.15, 0.2) is 0 Å². The van der Waals surface area contributed by atoms with Crippen molar-refractivity contribution in [3.05, 3.63) is 66.0 Å². The number of carbonyl (C=O) groups excluding carboxylic acids is 1. The van der Waals surface area contributed by atoms with E-state index in [9.17, 15) is 4.79 Å². The van der Waals surface area contributed by atoms with Gasteiger partial charge in [0, 0.05) is 11.4 Å². The zero-order chi connectivity index (χ0) is 17.6. The van der Waals surface area contributed by atoms with Crippen molar-refractivity contribution in [2.45, 2.75) is 13.5 Å². The summed E-state index contributed by atoms with van der Waals surface area (Å²) in [5.41, 5.74) is 4.08. The molecule has 0 unspecified atom stereocenters. The number of amides is 1. The molecule has 0 aliphatic heterocycles. The summed E-state index contributed by atoms with van der Waals surface area (Å²) in [6, 6.07) is 15.1. The third-order valence-electron chi connectivity index (χ3n) is 3.62. The standard InChI is InChI=1S/C18H19N5O2/c1-13-2-4-15(5-3-13)20-18(25)10-19-14-6-8-17(9-7-14)23-11-16(12-24)21-22-23/h2-9,11,19,24H,10,12H2,1H3,(H,20,25). The number of rotatable bonds is 6. The van der Waals surface area contributed by atoms with Gasteiger partial charge < -0.3 is 15.7 Å². The summed E-state index contributed by atoms with van der Waals surface area (Å²) in [6.45, 7) is 2.03. The lowest BCUT2D eigenvalue weighted by molar-refractivity contribution is -0.114. The van der Waals surface area contributed by atoms with Crippen molar-refractivity contribution in [3.63, 3.8) is 0 Å². The predicted octanol–water partition coefficient (Wildman–Crippen LogP) is 2.12. The fraction of sp³-hybridized carbons (Fsp3) is 0.167. The predicted molar refractivity (Wildman–Crippen MR) is 95.6 cm³/mol. The van der Waals surface area contributed by atoms with Gasteiger partial charge in [-0.25, -0.2) is 4.68 Å². The quantitative estimate of drug-likeness (QED) is 0.641. The van der Waals surface area contributed by atoms with E-state index < -0.39 is 0 Å². The Bertz CT molecular complexity index is 841. The lowest BCUT2D eigenvalue weighted by Gasteiger charge is -2.09. The number of hydrogen-bond acceptors (Lipinski definition) is 5. The van der Waals surface area contributed by atoms with Gasteiger partial charge in [-0.2, -0.15) is 0 Å². The Labute approximate surface area is 145 Å². The number of benzene rings is 2. The van der Waals surface area contributed by atoms with E-state index >= 15 is 0 Å². The molecule has 3 aromatic rings. The molecule has 0 saturated carbocycles.